The smallest absolute Gasteiger partial charge is 0.243 e. The number of nitrogens with zero attached hydrogens (tertiary/aromatic N) is 1. The number of halogens is 1. The average molecular weight is 348 g/mol. The second-order valence-corrected chi connectivity index (χ2v) is 7.50. The standard InChI is InChI=1S/C13H18BrNO3S/c1-2-15(9-11-6-7-18-10-11)19(16,17)13-5-3-4-12(14)8-13/h3-5,8,11H,2,6-7,9-10H2,1H3. The summed E-state index contributed by atoms with van der Waals surface area (Å²) in [5.74, 6) is 0.307. The molecular weight excluding hydrogens is 330 g/mol. The molecule has 0 aliphatic carbocycles. The van der Waals surface area contributed by atoms with E-state index in [1.54, 1.807) is 18.2 Å². The number of hydrogen-bond acceptors (Lipinski definition) is 3. The van der Waals surface area contributed by atoms with Crippen molar-refractivity contribution in [3.8, 4) is 0 Å². The SMILES string of the molecule is CCN(CC1CCOC1)S(=O)(=O)c1cccc(Br)c1. The van der Waals surface area contributed by atoms with Crippen molar-refractivity contribution in [2.24, 2.45) is 5.92 Å². The van der Waals surface area contributed by atoms with Crippen LogP contribution in [0.4, 0.5) is 0 Å². The monoisotopic (exact) mass is 347 g/mol. The van der Waals surface area contributed by atoms with Crippen LogP contribution < -0.4 is 0 Å². The van der Waals surface area contributed by atoms with Crippen LogP contribution in [0, 0.1) is 5.92 Å². The number of rotatable bonds is 5. The Hall–Kier alpha value is -0.430. The topological polar surface area (TPSA) is 46.6 Å². The van der Waals surface area contributed by atoms with E-state index in [4.69, 9.17) is 4.74 Å². The van der Waals surface area contributed by atoms with Crippen molar-refractivity contribution < 1.29 is 13.2 Å². The van der Waals surface area contributed by atoms with Crippen molar-refractivity contribution >= 4 is 26.0 Å². The zero-order chi connectivity index (χ0) is 13.9. The van der Waals surface area contributed by atoms with E-state index in [0.29, 0.717) is 30.5 Å². The van der Waals surface area contributed by atoms with E-state index in [0.717, 1.165) is 17.5 Å². The summed E-state index contributed by atoms with van der Waals surface area (Å²) in [7, 11) is -3.41. The third-order valence-corrected chi connectivity index (χ3v) is 5.70. The van der Waals surface area contributed by atoms with Crippen LogP contribution in [0.5, 0.6) is 0 Å². The van der Waals surface area contributed by atoms with Gasteiger partial charge in [-0.15, -0.1) is 0 Å². The number of benzene rings is 1. The summed E-state index contributed by atoms with van der Waals surface area (Å²) < 4.78 is 32.8. The molecule has 1 saturated heterocycles. The quantitative estimate of drug-likeness (QED) is 0.821. The molecule has 1 aromatic rings. The van der Waals surface area contributed by atoms with Crippen LogP contribution in [0.3, 0.4) is 0 Å². The molecule has 0 radical (unpaired) electrons. The number of ether oxygens (including phenoxy) is 1. The maximum Gasteiger partial charge on any atom is 0.243 e. The van der Waals surface area contributed by atoms with E-state index < -0.39 is 10.0 Å². The van der Waals surface area contributed by atoms with Crippen molar-refractivity contribution in [3.05, 3.63) is 28.7 Å². The van der Waals surface area contributed by atoms with Gasteiger partial charge in [0.25, 0.3) is 0 Å². The summed E-state index contributed by atoms with van der Waals surface area (Å²) >= 11 is 3.31. The fourth-order valence-electron chi connectivity index (χ4n) is 2.19. The maximum atomic E-state index is 12.6. The Labute approximate surface area is 122 Å². The van der Waals surface area contributed by atoms with Crippen LogP contribution in [-0.2, 0) is 14.8 Å². The second-order valence-electron chi connectivity index (χ2n) is 4.64. The van der Waals surface area contributed by atoms with Gasteiger partial charge in [-0.05, 0) is 30.5 Å². The normalized spacial score (nSPS) is 20.1. The van der Waals surface area contributed by atoms with Gasteiger partial charge in [0.15, 0.2) is 0 Å². The van der Waals surface area contributed by atoms with Gasteiger partial charge in [0, 0.05) is 24.2 Å². The molecule has 1 aliphatic heterocycles. The Bertz CT molecular complexity index is 526. The molecule has 2 rings (SSSR count). The maximum absolute atomic E-state index is 12.6. The largest absolute Gasteiger partial charge is 0.381 e. The first-order valence-corrected chi connectivity index (χ1v) is 8.61. The Kier molecular flexibility index (Phi) is 5.00. The van der Waals surface area contributed by atoms with Gasteiger partial charge in [0.05, 0.1) is 11.5 Å². The van der Waals surface area contributed by atoms with Gasteiger partial charge in [-0.3, -0.25) is 0 Å². The molecule has 1 fully saturated rings. The summed E-state index contributed by atoms with van der Waals surface area (Å²) in [4.78, 5) is 0.336. The highest BCUT2D eigenvalue weighted by molar-refractivity contribution is 9.10. The lowest BCUT2D eigenvalue weighted by molar-refractivity contribution is 0.181. The molecule has 6 heteroatoms. The first-order valence-electron chi connectivity index (χ1n) is 6.37. The van der Waals surface area contributed by atoms with E-state index in [1.165, 1.54) is 4.31 Å². The third kappa shape index (κ3) is 3.56. The first-order chi connectivity index (χ1) is 9.04. The minimum absolute atomic E-state index is 0.307. The van der Waals surface area contributed by atoms with Crippen LogP contribution in [0.2, 0.25) is 0 Å². The van der Waals surface area contributed by atoms with Gasteiger partial charge in [-0.1, -0.05) is 28.9 Å². The minimum atomic E-state index is -3.41. The van der Waals surface area contributed by atoms with Crippen molar-refractivity contribution in [3.63, 3.8) is 0 Å². The summed E-state index contributed by atoms with van der Waals surface area (Å²) in [6.45, 7) is 4.27. The lowest BCUT2D eigenvalue weighted by Gasteiger charge is -2.23. The van der Waals surface area contributed by atoms with Crippen molar-refractivity contribution in [1.82, 2.24) is 4.31 Å². The van der Waals surface area contributed by atoms with Crippen molar-refractivity contribution in [2.45, 2.75) is 18.2 Å². The highest BCUT2D eigenvalue weighted by Crippen LogP contribution is 2.22. The molecule has 1 heterocycles. The molecule has 0 spiro atoms. The van der Waals surface area contributed by atoms with E-state index in [9.17, 15) is 8.42 Å². The molecule has 1 aliphatic rings. The van der Waals surface area contributed by atoms with Crippen molar-refractivity contribution in [1.29, 1.82) is 0 Å². The van der Waals surface area contributed by atoms with Crippen molar-refractivity contribution in [2.75, 3.05) is 26.3 Å². The third-order valence-electron chi connectivity index (χ3n) is 3.27. The van der Waals surface area contributed by atoms with E-state index in [-0.39, 0.29) is 0 Å². The fourth-order valence-corrected chi connectivity index (χ4v) is 4.31. The Morgan fingerprint density at radius 3 is 2.84 bits per heavy atom. The van der Waals surface area contributed by atoms with Gasteiger partial charge in [-0.25, -0.2) is 8.42 Å². The highest BCUT2D eigenvalue weighted by Gasteiger charge is 2.27. The molecule has 0 amide bonds. The van der Waals surface area contributed by atoms with Gasteiger partial charge >= 0.3 is 0 Å². The average Bonchev–Trinajstić information content (AvgIpc) is 2.88. The van der Waals surface area contributed by atoms with Crippen LogP contribution in [0.15, 0.2) is 33.6 Å². The molecule has 0 bridgehead atoms. The molecule has 1 unspecified atom stereocenters. The molecule has 1 atom stereocenters. The van der Waals surface area contributed by atoms with Crippen LogP contribution in [-0.4, -0.2) is 39.0 Å². The first kappa shape index (κ1) is 15.0. The lowest BCUT2D eigenvalue weighted by atomic mass is 10.1. The van der Waals surface area contributed by atoms with Crippen LogP contribution in [0.25, 0.3) is 0 Å². The Morgan fingerprint density at radius 1 is 1.47 bits per heavy atom. The van der Waals surface area contributed by atoms with E-state index in [2.05, 4.69) is 15.9 Å². The predicted octanol–water partition coefficient (Wildman–Crippen LogP) is 2.50. The molecule has 19 heavy (non-hydrogen) atoms. The summed E-state index contributed by atoms with van der Waals surface area (Å²) in [6, 6.07) is 6.83. The molecule has 0 saturated carbocycles. The van der Waals surface area contributed by atoms with E-state index >= 15 is 0 Å². The van der Waals surface area contributed by atoms with Crippen LogP contribution in [0.1, 0.15) is 13.3 Å². The van der Waals surface area contributed by atoms with Gasteiger partial charge in [0.1, 0.15) is 0 Å². The molecular formula is C13H18BrNO3S. The fraction of sp³-hybridized carbons (Fsp3) is 0.538. The van der Waals surface area contributed by atoms with Gasteiger partial charge in [0.2, 0.25) is 10.0 Å². The van der Waals surface area contributed by atoms with Gasteiger partial charge in [-0.2, -0.15) is 4.31 Å². The Balaban J connectivity index is 2.20. The molecule has 1 aromatic carbocycles. The Morgan fingerprint density at radius 2 is 2.26 bits per heavy atom. The molecule has 0 N–H and O–H groups in total. The summed E-state index contributed by atoms with van der Waals surface area (Å²) in [5.41, 5.74) is 0. The minimum Gasteiger partial charge on any atom is -0.381 e. The lowest BCUT2D eigenvalue weighted by Crippen LogP contribution is -2.35. The zero-order valence-electron chi connectivity index (χ0n) is 10.9. The number of hydrogen-bond donors (Lipinski definition) is 0. The summed E-state index contributed by atoms with van der Waals surface area (Å²) in [6.07, 6.45) is 0.935. The second kappa shape index (κ2) is 6.35. The molecule has 106 valence electrons. The highest BCUT2D eigenvalue weighted by atomic mass is 79.9. The van der Waals surface area contributed by atoms with Gasteiger partial charge < -0.3 is 4.74 Å². The van der Waals surface area contributed by atoms with E-state index in [1.807, 2.05) is 13.0 Å². The van der Waals surface area contributed by atoms with Crippen LogP contribution >= 0.6 is 15.9 Å². The molecule has 4 nitrogen and oxygen atoms in total. The zero-order valence-corrected chi connectivity index (χ0v) is 13.3. The predicted molar refractivity (Wildman–Crippen MR) is 77.5 cm³/mol. The summed E-state index contributed by atoms with van der Waals surface area (Å²) in [5, 5.41) is 0. The number of sulfonamides is 1. The molecule has 0 aromatic heterocycles.